The number of carbonyl (C=O) groups is 1. The summed E-state index contributed by atoms with van der Waals surface area (Å²) < 4.78 is 28.6. The topological polar surface area (TPSA) is 79.4 Å². The van der Waals surface area contributed by atoms with Crippen molar-refractivity contribution in [1.29, 1.82) is 0 Å². The molecule has 1 amide bonds. The molecule has 0 bridgehead atoms. The van der Waals surface area contributed by atoms with Crippen LogP contribution in [0.25, 0.3) is 10.9 Å². The smallest absolute Gasteiger partial charge is 0.264 e. The number of nitrogens with one attached hydrogen (secondary N) is 1. The van der Waals surface area contributed by atoms with Gasteiger partial charge in [-0.05, 0) is 49.2 Å². The second-order valence-electron chi connectivity index (χ2n) is 6.68. The van der Waals surface area contributed by atoms with E-state index in [4.69, 9.17) is 0 Å². The molecule has 0 spiro atoms. The van der Waals surface area contributed by atoms with Gasteiger partial charge in [0.2, 0.25) is 0 Å². The first-order valence-electron chi connectivity index (χ1n) is 8.39. The van der Waals surface area contributed by atoms with Crippen LogP contribution in [0.1, 0.15) is 21.5 Å². The normalized spacial score (nSPS) is 11.4. The predicted molar refractivity (Wildman–Crippen MR) is 106 cm³/mol. The number of pyridine rings is 1. The Morgan fingerprint density at radius 2 is 1.81 bits per heavy atom. The maximum absolute atomic E-state index is 13.0. The number of anilines is 1. The van der Waals surface area contributed by atoms with Crippen LogP contribution in [0.2, 0.25) is 0 Å². The van der Waals surface area contributed by atoms with Crippen LogP contribution in [0.5, 0.6) is 0 Å². The van der Waals surface area contributed by atoms with Crippen molar-refractivity contribution in [3.8, 4) is 0 Å². The van der Waals surface area contributed by atoms with Gasteiger partial charge in [-0.25, -0.2) is 8.42 Å². The molecule has 0 saturated heterocycles. The van der Waals surface area contributed by atoms with Crippen molar-refractivity contribution in [2.45, 2.75) is 18.7 Å². The summed E-state index contributed by atoms with van der Waals surface area (Å²) in [6, 6.07) is 11.9. The first-order chi connectivity index (χ1) is 12.7. The molecule has 7 heteroatoms. The van der Waals surface area contributed by atoms with Gasteiger partial charge >= 0.3 is 0 Å². The van der Waals surface area contributed by atoms with E-state index in [9.17, 15) is 13.2 Å². The molecule has 0 aliphatic rings. The Balaban J connectivity index is 2.06. The van der Waals surface area contributed by atoms with Gasteiger partial charge in [0.25, 0.3) is 15.9 Å². The van der Waals surface area contributed by atoms with Crippen molar-refractivity contribution in [3.63, 3.8) is 0 Å². The summed E-state index contributed by atoms with van der Waals surface area (Å²) in [5, 5.41) is 0.756. The number of amides is 1. The Bertz CT molecular complexity index is 1140. The van der Waals surface area contributed by atoms with Crippen molar-refractivity contribution in [2.75, 3.05) is 18.8 Å². The molecule has 1 N–H and O–H groups in total. The lowest BCUT2D eigenvalue weighted by Gasteiger charge is -2.15. The standard InChI is InChI=1S/C20H21N3O3S/c1-13-10-15-6-5-7-18(19(15)21-12-13)27(25,26)22-17-11-16(9-8-14(17)2)20(24)23(3)4/h5-12,22H,1-4H3. The minimum absolute atomic E-state index is 0.101. The van der Waals surface area contributed by atoms with Crippen LogP contribution in [0.15, 0.2) is 53.6 Å². The van der Waals surface area contributed by atoms with E-state index in [-0.39, 0.29) is 10.8 Å². The Morgan fingerprint density at radius 1 is 1.07 bits per heavy atom. The summed E-state index contributed by atoms with van der Waals surface area (Å²) in [5.41, 5.74) is 2.87. The van der Waals surface area contributed by atoms with Gasteiger partial charge in [-0.15, -0.1) is 0 Å². The molecule has 0 aliphatic heterocycles. The Kier molecular flexibility index (Phi) is 4.89. The Labute approximate surface area is 158 Å². The Hall–Kier alpha value is -2.93. The number of sulfonamides is 1. The first kappa shape index (κ1) is 18.8. The van der Waals surface area contributed by atoms with Gasteiger partial charge in [-0.3, -0.25) is 14.5 Å². The largest absolute Gasteiger partial charge is 0.345 e. The van der Waals surface area contributed by atoms with Crippen LogP contribution in [-0.4, -0.2) is 38.3 Å². The van der Waals surface area contributed by atoms with Crippen LogP contribution >= 0.6 is 0 Å². The summed E-state index contributed by atoms with van der Waals surface area (Å²) >= 11 is 0. The zero-order valence-electron chi connectivity index (χ0n) is 15.6. The van der Waals surface area contributed by atoms with Gasteiger partial charge in [-0.2, -0.15) is 0 Å². The maximum Gasteiger partial charge on any atom is 0.264 e. The summed E-state index contributed by atoms with van der Waals surface area (Å²) in [6.45, 7) is 3.69. The fourth-order valence-electron chi connectivity index (χ4n) is 2.78. The minimum Gasteiger partial charge on any atom is -0.345 e. The van der Waals surface area contributed by atoms with Crippen LogP contribution in [0, 0.1) is 13.8 Å². The highest BCUT2D eigenvalue weighted by Gasteiger charge is 2.20. The molecule has 1 aromatic heterocycles. The number of carbonyl (C=O) groups excluding carboxylic acids is 1. The van der Waals surface area contributed by atoms with E-state index >= 15 is 0 Å². The molecule has 0 radical (unpaired) electrons. The van der Waals surface area contributed by atoms with Crippen molar-refractivity contribution in [1.82, 2.24) is 9.88 Å². The SMILES string of the molecule is Cc1cnc2c(S(=O)(=O)Nc3cc(C(=O)N(C)C)ccc3C)cccc2c1. The molecule has 1 heterocycles. The number of aromatic nitrogens is 1. The van der Waals surface area contributed by atoms with Crippen molar-refractivity contribution >= 4 is 32.5 Å². The molecule has 0 atom stereocenters. The Morgan fingerprint density at radius 3 is 2.52 bits per heavy atom. The molecular formula is C20H21N3O3S. The third kappa shape index (κ3) is 3.78. The lowest BCUT2D eigenvalue weighted by Crippen LogP contribution is -2.22. The average molecular weight is 383 g/mol. The fourth-order valence-corrected chi connectivity index (χ4v) is 4.08. The zero-order valence-corrected chi connectivity index (χ0v) is 16.5. The first-order valence-corrected chi connectivity index (χ1v) is 9.88. The number of fused-ring (bicyclic) bond motifs is 1. The van der Waals surface area contributed by atoms with E-state index in [1.165, 1.54) is 11.0 Å². The summed E-state index contributed by atoms with van der Waals surface area (Å²) in [4.78, 5) is 18.0. The van der Waals surface area contributed by atoms with Crippen LogP contribution < -0.4 is 4.72 Å². The molecule has 3 aromatic rings. The average Bonchev–Trinajstić information content (AvgIpc) is 2.61. The molecule has 2 aromatic carbocycles. The lowest BCUT2D eigenvalue weighted by molar-refractivity contribution is 0.0827. The molecule has 0 unspecified atom stereocenters. The predicted octanol–water partition coefficient (Wildman–Crippen LogP) is 3.35. The van der Waals surface area contributed by atoms with Gasteiger partial charge in [-0.1, -0.05) is 18.2 Å². The second-order valence-corrected chi connectivity index (χ2v) is 8.33. The van der Waals surface area contributed by atoms with Gasteiger partial charge in [0.05, 0.1) is 11.2 Å². The molecule has 0 fully saturated rings. The number of nitrogens with zero attached hydrogens (tertiary/aromatic N) is 2. The monoisotopic (exact) mass is 383 g/mol. The summed E-state index contributed by atoms with van der Waals surface area (Å²) in [7, 11) is -0.578. The fraction of sp³-hybridized carbons (Fsp3) is 0.200. The molecule has 3 rings (SSSR count). The zero-order chi connectivity index (χ0) is 19.8. The number of benzene rings is 2. The van der Waals surface area contributed by atoms with E-state index in [1.807, 2.05) is 19.1 Å². The van der Waals surface area contributed by atoms with Crippen molar-refractivity contribution in [2.24, 2.45) is 0 Å². The lowest BCUT2D eigenvalue weighted by atomic mass is 10.1. The third-order valence-electron chi connectivity index (χ3n) is 4.24. The number of para-hydroxylation sites is 1. The van der Waals surface area contributed by atoms with E-state index in [0.717, 1.165) is 16.5 Å². The van der Waals surface area contributed by atoms with Gasteiger partial charge in [0, 0.05) is 31.2 Å². The van der Waals surface area contributed by atoms with E-state index in [0.29, 0.717) is 16.8 Å². The van der Waals surface area contributed by atoms with Crippen molar-refractivity contribution < 1.29 is 13.2 Å². The summed E-state index contributed by atoms with van der Waals surface area (Å²) in [5.74, 6) is -0.197. The van der Waals surface area contributed by atoms with Gasteiger partial charge in [0.15, 0.2) is 0 Å². The maximum atomic E-state index is 13.0. The highest BCUT2D eigenvalue weighted by atomic mass is 32.2. The van der Waals surface area contributed by atoms with Crippen LogP contribution in [0.4, 0.5) is 5.69 Å². The van der Waals surface area contributed by atoms with Gasteiger partial charge in [0.1, 0.15) is 4.90 Å². The number of hydrogen-bond acceptors (Lipinski definition) is 4. The third-order valence-corrected chi connectivity index (χ3v) is 5.63. The van der Waals surface area contributed by atoms with E-state index in [2.05, 4.69) is 9.71 Å². The molecule has 27 heavy (non-hydrogen) atoms. The second kappa shape index (κ2) is 7.00. The molecular weight excluding hydrogens is 362 g/mol. The van der Waals surface area contributed by atoms with Crippen molar-refractivity contribution in [3.05, 3.63) is 65.4 Å². The summed E-state index contributed by atoms with van der Waals surface area (Å²) in [6.07, 6.45) is 1.64. The highest BCUT2D eigenvalue weighted by Crippen LogP contribution is 2.26. The molecule has 140 valence electrons. The number of aryl methyl sites for hydroxylation is 2. The van der Waals surface area contributed by atoms with E-state index < -0.39 is 10.0 Å². The quantitative estimate of drug-likeness (QED) is 0.749. The highest BCUT2D eigenvalue weighted by molar-refractivity contribution is 7.93. The van der Waals surface area contributed by atoms with Crippen LogP contribution in [-0.2, 0) is 10.0 Å². The number of hydrogen-bond donors (Lipinski definition) is 1. The molecule has 0 aliphatic carbocycles. The van der Waals surface area contributed by atoms with Gasteiger partial charge < -0.3 is 4.90 Å². The van der Waals surface area contributed by atoms with Crippen LogP contribution in [0.3, 0.4) is 0 Å². The number of rotatable bonds is 4. The minimum atomic E-state index is -3.88. The molecule has 0 saturated carbocycles. The molecule has 6 nitrogen and oxygen atoms in total. The van der Waals surface area contributed by atoms with E-state index in [1.54, 1.807) is 51.5 Å².